The smallest absolute Gasteiger partial charge is 0.356 e. The molecule has 0 spiro atoms. The molecule has 1 heterocycles. The summed E-state index contributed by atoms with van der Waals surface area (Å²) in [4.78, 5) is 20.1. The van der Waals surface area contributed by atoms with Crippen LogP contribution in [0.1, 0.15) is 161 Å². The standard InChI is InChI=1S/C12H25O4P.C11H23O5P.C5H10O2.C5H10O.C4H8O3.C4H8O/c1-6-12(7-8-12)14-9-17(13,15-10(2)3)16-11(4)5;1-9(2)15-17(13,16-10(3)4)8-14-11(7-12)5-6-11;1-3-5(6)7-4-2;1-2-5(6)3-4-5;1-2-7-4(6)3-5;1-2-4-5-3-1/h10-11H,6-9H2,1-5H3;9-10,12H,5-8H2,1-4H3;3-4H2,1-2H3;6H,2-4H2,1H3;5H,2-3H2,1H3;1-4H2. The molecule has 0 aromatic rings. The van der Waals surface area contributed by atoms with Crippen molar-refractivity contribution < 1.29 is 75.8 Å². The molecule has 0 unspecified atom stereocenters. The molecule has 0 amide bonds. The van der Waals surface area contributed by atoms with Crippen molar-refractivity contribution in [2.45, 2.75) is 202 Å². The highest BCUT2D eigenvalue weighted by Gasteiger charge is 2.46. The van der Waals surface area contributed by atoms with E-state index in [-0.39, 0.29) is 60.9 Å². The number of hydrogen-bond acceptors (Lipinski definition) is 16. The lowest BCUT2D eigenvalue weighted by molar-refractivity contribution is -0.146. The minimum absolute atomic E-state index is 0.0453. The van der Waals surface area contributed by atoms with Crippen LogP contribution in [0.2, 0.25) is 0 Å². The average Bonchev–Trinajstić information content (AvgIpc) is 4.13. The molecule has 59 heavy (non-hydrogen) atoms. The molecule has 4 rings (SSSR count). The zero-order valence-corrected chi connectivity index (χ0v) is 40.6. The van der Waals surface area contributed by atoms with Crippen molar-refractivity contribution in [3.63, 3.8) is 0 Å². The second-order valence-electron chi connectivity index (χ2n) is 15.8. The fourth-order valence-corrected chi connectivity index (χ4v) is 8.37. The monoisotopic (exact) mass is 895 g/mol. The zero-order valence-electron chi connectivity index (χ0n) is 38.8. The van der Waals surface area contributed by atoms with Crippen molar-refractivity contribution in [2.75, 3.05) is 52.3 Å². The van der Waals surface area contributed by atoms with Gasteiger partial charge in [-0.1, -0.05) is 20.8 Å². The van der Waals surface area contributed by atoms with Gasteiger partial charge < -0.3 is 57.1 Å². The molecule has 4 fully saturated rings. The summed E-state index contributed by atoms with van der Waals surface area (Å²) in [7, 11) is -6.36. The highest BCUT2D eigenvalue weighted by atomic mass is 31.2. The summed E-state index contributed by atoms with van der Waals surface area (Å²) in [6, 6.07) is 0. The van der Waals surface area contributed by atoms with Crippen molar-refractivity contribution in [2.24, 2.45) is 0 Å². The second-order valence-corrected chi connectivity index (χ2v) is 19.6. The lowest BCUT2D eigenvalue weighted by Gasteiger charge is -2.24. The van der Waals surface area contributed by atoms with Crippen LogP contribution in [-0.2, 0) is 60.5 Å². The van der Waals surface area contributed by atoms with Crippen LogP contribution in [-0.4, -0.2) is 121 Å². The maximum Gasteiger partial charge on any atom is 0.356 e. The first-order valence-corrected chi connectivity index (χ1v) is 25.0. The molecule has 4 aliphatic rings. The fraction of sp³-hybridized carbons (Fsp3) is 0.951. The number of hydrogen-bond donors (Lipinski definition) is 3. The van der Waals surface area contributed by atoms with Crippen molar-refractivity contribution in [3.05, 3.63) is 0 Å². The van der Waals surface area contributed by atoms with E-state index < -0.39 is 33.4 Å². The molecular formula is C41H84O16P2. The van der Waals surface area contributed by atoms with Crippen molar-refractivity contribution in [1.82, 2.24) is 0 Å². The van der Waals surface area contributed by atoms with Gasteiger partial charge in [-0.2, -0.15) is 0 Å². The lowest BCUT2D eigenvalue weighted by atomic mass is 10.3. The minimum Gasteiger partial charge on any atom is -0.466 e. The molecule has 354 valence electrons. The van der Waals surface area contributed by atoms with E-state index in [0.717, 1.165) is 64.6 Å². The third-order valence-electron chi connectivity index (χ3n) is 8.43. The van der Waals surface area contributed by atoms with Gasteiger partial charge in [0.1, 0.15) is 19.3 Å². The molecule has 1 saturated heterocycles. The van der Waals surface area contributed by atoms with Gasteiger partial charge in [0.05, 0.1) is 61.0 Å². The van der Waals surface area contributed by atoms with E-state index in [1.165, 1.54) is 12.8 Å². The molecule has 16 nitrogen and oxygen atoms in total. The van der Waals surface area contributed by atoms with Gasteiger partial charge in [-0.3, -0.25) is 13.9 Å². The molecule has 0 atom stereocenters. The molecule has 0 radical (unpaired) electrons. The SMILES string of the molecule is C1CCOC1.CC(C)OP(=O)(COC1(CO)CC1)OC(C)C.CCC1(O)CC1.CCC1(OCP(=O)(OC(C)C)OC(C)C)CC1.CCOC(=O)CC.CCOC(=O)CO. The maximum atomic E-state index is 12.5. The Morgan fingerprint density at radius 3 is 1.14 bits per heavy atom. The summed E-state index contributed by atoms with van der Waals surface area (Å²) in [5.41, 5.74) is -0.771. The first kappa shape index (κ1) is 60.1. The van der Waals surface area contributed by atoms with Gasteiger partial charge in [0, 0.05) is 19.6 Å². The highest BCUT2D eigenvalue weighted by molar-refractivity contribution is 7.53. The van der Waals surface area contributed by atoms with Crippen LogP contribution in [0.5, 0.6) is 0 Å². The molecule has 18 heteroatoms. The Morgan fingerprint density at radius 2 is 0.966 bits per heavy atom. The Kier molecular flexibility index (Phi) is 32.4. The van der Waals surface area contributed by atoms with Crippen LogP contribution in [0.4, 0.5) is 0 Å². The Labute approximate surface area is 356 Å². The maximum absolute atomic E-state index is 12.5. The average molecular weight is 895 g/mol. The van der Waals surface area contributed by atoms with E-state index >= 15 is 0 Å². The summed E-state index contributed by atoms with van der Waals surface area (Å²) in [5, 5.41) is 26.0. The summed E-state index contributed by atoms with van der Waals surface area (Å²) in [5.74, 6) is -0.690. The highest BCUT2D eigenvalue weighted by Crippen LogP contribution is 2.55. The van der Waals surface area contributed by atoms with Gasteiger partial charge in [0.15, 0.2) is 0 Å². The van der Waals surface area contributed by atoms with Gasteiger partial charge in [-0.25, -0.2) is 4.79 Å². The fourth-order valence-electron chi connectivity index (χ4n) is 4.59. The number of ether oxygens (including phenoxy) is 5. The van der Waals surface area contributed by atoms with Crippen LogP contribution < -0.4 is 0 Å². The van der Waals surface area contributed by atoms with Gasteiger partial charge in [0.2, 0.25) is 0 Å². The van der Waals surface area contributed by atoms with E-state index in [9.17, 15) is 18.7 Å². The zero-order chi connectivity index (χ0) is 45.8. The molecule has 0 aromatic heterocycles. The van der Waals surface area contributed by atoms with Crippen LogP contribution in [0, 0.1) is 0 Å². The normalized spacial score (nSPS) is 17.7. The molecule has 0 aromatic carbocycles. The first-order chi connectivity index (χ1) is 27.5. The molecule has 1 aliphatic heterocycles. The van der Waals surface area contributed by atoms with E-state index in [1.807, 2.05) is 34.6 Å². The Morgan fingerprint density at radius 1 is 0.593 bits per heavy atom. The van der Waals surface area contributed by atoms with E-state index in [0.29, 0.717) is 19.6 Å². The van der Waals surface area contributed by atoms with Gasteiger partial charge >= 0.3 is 27.1 Å². The van der Waals surface area contributed by atoms with Crippen molar-refractivity contribution in [1.29, 1.82) is 0 Å². The summed E-state index contributed by atoms with van der Waals surface area (Å²) < 4.78 is 71.4. The van der Waals surface area contributed by atoms with Gasteiger partial charge in [0.25, 0.3) is 0 Å². The Bertz CT molecular complexity index is 1070. The van der Waals surface area contributed by atoms with Crippen molar-refractivity contribution >= 4 is 27.1 Å². The number of rotatable bonds is 21. The minimum atomic E-state index is -3.23. The Balaban J connectivity index is 0. The van der Waals surface area contributed by atoms with Crippen LogP contribution in [0.15, 0.2) is 0 Å². The lowest BCUT2D eigenvalue weighted by Crippen LogP contribution is -2.22. The third kappa shape index (κ3) is 33.3. The summed E-state index contributed by atoms with van der Waals surface area (Å²) in [6.07, 6.45) is 10.0. The third-order valence-corrected chi connectivity index (χ3v) is 12.3. The molecule has 3 N–H and O–H groups in total. The number of esters is 2. The summed E-state index contributed by atoms with van der Waals surface area (Å²) >= 11 is 0. The quantitative estimate of drug-likeness (QED) is 0.0726. The molecule has 0 bridgehead atoms. The van der Waals surface area contributed by atoms with Crippen LogP contribution >= 0.6 is 15.2 Å². The van der Waals surface area contributed by atoms with Gasteiger partial charge in [-0.15, -0.1) is 0 Å². The topological polar surface area (TPSA) is 212 Å². The predicted octanol–water partition coefficient (Wildman–Crippen LogP) is 8.69. The largest absolute Gasteiger partial charge is 0.466 e. The van der Waals surface area contributed by atoms with Crippen LogP contribution in [0.3, 0.4) is 0 Å². The number of aliphatic hydroxyl groups excluding tert-OH is 2. The van der Waals surface area contributed by atoms with E-state index in [4.69, 9.17) is 47.6 Å². The number of aliphatic hydroxyl groups is 3. The summed E-state index contributed by atoms with van der Waals surface area (Å²) in [6.45, 7) is 26.2. The molecule has 3 saturated carbocycles. The molecular weight excluding hydrogens is 810 g/mol. The number of carbonyl (C=O) groups is 2. The van der Waals surface area contributed by atoms with Gasteiger partial charge in [-0.05, 0) is 133 Å². The molecule has 3 aliphatic carbocycles. The van der Waals surface area contributed by atoms with E-state index in [1.54, 1.807) is 48.5 Å². The van der Waals surface area contributed by atoms with E-state index in [2.05, 4.69) is 16.4 Å². The second kappa shape index (κ2) is 31.8. The first-order valence-electron chi connectivity index (χ1n) is 21.5. The Hall–Kier alpha value is -1.00. The predicted molar refractivity (Wildman–Crippen MR) is 228 cm³/mol. The van der Waals surface area contributed by atoms with Crippen molar-refractivity contribution in [3.8, 4) is 0 Å². The number of carbonyl (C=O) groups excluding carboxylic acids is 2. The van der Waals surface area contributed by atoms with Crippen LogP contribution in [0.25, 0.3) is 0 Å².